The number of rotatable bonds is 7. The van der Waals surface area contributed by atoms with Gasteiger partial charge < -0.3 is 10.1 Å². The fourth-order valence-electron chi connectivity index (χ4n) is 2.88. The van der Waals surface area contributed by atoms with E-state index in [9.17, 15) is 17.6 Å². The lowest BCUT2D eigenvalue weighted by molar-refractivity contribution is -0.118. The summed E-state index contributed by atoms with van der Waals surface area (Å²) in [7, 11) is -3.84. The highest BCUT2D eigenvalue weighted by Gasteiger charge is 2.15. The van der Waals surface area contributed by atoms with Gasteiger partial charge in [0.25, 0.3) is 15.9 Å². The summed E-state index contributed by atoms with van der Waals surface area (Å²) in [5, 5.41) is 2.83. The SMILES string of the molecule is Cc1cc(Br)cc(C)c1NC(=O)COc1ccc(S(=O)(=O)Nc2ccc(F)cc2)cc1. The number of anilines is 2. The number of sulfonamides is 1. The molecular weight excluding hydrogens is 487 g/mol. The van der Waals surface area contributed by atoms with E-state index in [1.54, 1.807) is 0 Å². The van der Waals surface area contributed by atoms with Gasteiger partial charge in [-0.2, -0.15) is 0 Å². The Kier molecular flexibility index (Phi) is 6.97. The summed E-state index contributed by atoms with van der Waals surface area (Å²) >= 11 is 3.42. The minimum absolute atomic E-state index is 0.00902. The van der Waals surface area contributed by atoms with Crippen molar-refractivity contribution in [2.24, 2.45) is 0 Å². The number of carbonyl (C=O) groups is 1. The highest BCUT2D eigenvalue weighted by molar-refractivity contribution is 9.10. The van der Waals surface area contributed by atoms with Gasteiger partial charge >= 0.3 is 0 Å². The molecule has 0 saturated carbocycles. The molecule has 0 unspecified atom stereocenters. The summed E-state index contributed by atoms with van der Waals surface area (Å²) in [5.74, 6) is -0.442. The van der Waals surface area contributed by atoms with Crippen LogP contribution in [-0.2, 0) is 14.8 Å². The van der Waals surface area contributed by atoms with Crippen molar-refractivity contribution in [2.45, 2.75) is 18.7 Å². The van der Waals surface area contributed by atoms with Crippen LogP contribution in [0.3, 0.4) is 0 Å². The predicted molar refractivity (Wildman–Crippen MR) is 121 cm³/mol. The van der Waals surface area contributed by atoms with E-state index in [2.05, 4.69) is 26.0 Å². The molecule has 6 nitrogen and oxygen atoms in total. The molecule has 0 aliphatic carbocycles. The van der Waals surface area contributed by atoms with Crippen LogP contribution in [0.1, 0.15) is 11.1 Å². The smallest absolute Gasteiger partial charge is 0.262 e. The van der Waals surface area contributed by atoms with Gasteiger partial charge in [-0.3, -0.25) is 9.52 Å². The monoisotopic (exact) mass is 506 g/mol. The summed E-state index contributed by atoms with van der Waals surface area (Å²) in [6.07, 6.45) is 0. The van der Waals surface area contributed by atoms with E-state index in [0.717, 1.165) is 33.4 Å². The summed E-state index contributed by atoms with van der Waals surface area (Å²) in [4.78, 5) is 12.3. The van der Waals surface area contributed by atoms with Crippen LogP contribution >= 0.6 is 15.9 Å². The largest absolute Gasteiger partial charge is 0.484 e. The number of ether oxygens (including phenoxy) is 1. The molecule has 0 radical (unpaired) electrons. The summed E-state index contributed by atoms with van der Waals surface area (Å²) in [6, 6.07) is 14.4. The van der Waals surface area contributed by atoms with Crippen molar-refractivity contribution in [3.8, 4) is 5.75 Å². The van der Waals surface area contributed by atoms with Crippen LogP contribution in [0.15, 0.2) is 70.0 Å². The Bertz CT molecular complexity index is 1170. The third kappa shape index (κ3) is 6.05. The molecule has 0 aromatic heterocycles. The van der Waals surface area contributed by atoms with Gasteiger partial charge in [0.1, 0.15) is 11.6 Å². The summed E-state index contributed by atoms with van der Waals surface area (Å²) in [5.41, 5.74) is 2.81. The van der Waals surface area contributed by atoms with Gasteiger partial charge in [-0.05, 0) is 85.6 Å². The molecule has 0 spiro atoms. The number of halogens is 2. The van der Waals surface area contributed by atoms with Gasteiger partial charge in [0.2, 0.25) is 0 Å². The fraction of sp³-hybridized carbons (Fsp3) is 0.136. The van der Waals surface area contributed by atoms with Gasteiger partial charge in [0, 0.05) is 15.8 Å². The number of benzene rings is 3. The maximum Gasteiger partial charge on any atom is 0.262 e. The molecular formula is C22H20BrFN2O4S. The zero-order valence-electron chi connectivity index (χ0n) is 16.8. The number of amides is 1. The first-order chi connectivity index (χ1) is 14.6. The normalized spacial score (nSPS) is 11.1. The van der Waals surface area contributed by atoms with Crippen LogP contribution in [0.2, 0.25) is 0 Å². The molecule has 3 aromatic rings. The number of nitrogens with one attached hydrogen (secondary N) is 2. The molecule has 3 rings (SSSR count). The summed E-state index contributed by atoms with van der Waals surface area (Å²) < 4.78 is 46.6. The number of hydrogen-bond acceptors (Lipinski definition) is 4. The molecule has 0 aliphatic rings. The second-order valence-electron chi connectivity index (χ2n) is 6.84. The number of hydrogen-bond donors (Lipinski definition) is 2. The Morgan fingerprint density at radius 3 is 2.16 bits per heavy atom. The zero-order chi connectivity index (χ0) is 22.6. The topological polar surface area (TPSA) is 84.5 Å². The molecule has 0 atom stereocenters. The van der Waals surface area contributed by atoms with Crippen LogP contribution in [0.25, 0.3) is 0 Å². The molecule has 162 valence electrons. The molecule has 31 heavy (non-hydrogen) atoms. The highest BCUT2D eigenvalue weighted by atomic mass is 79.9. The zero-order valence-corrected chi connectivity index (χ0v) is 19.2. The third-order valence-electron chi connectivity index (χ3n) is 4.36. The van der Waals surface area contributed by atoms with Crippen molar-refractivity contribution < 1.29 is 22.3 Å². The second-order valence-corrected chi connectivity index (χ2v) is 9.43. The van der Waals surface area contributed by atoms with Gasteiger partial charge in [0.15, 0.2) is 6.61 Å². The first-order valence-electron chi connectivity index (χ1n) is 9.22. The Labute approximate surface area is 188 Å². The maximum absolute atomic E-state index is 13.0. The quantitative estimate of drug-likeness (QED) is 0.470. The third-order valence-corrected chi connectivity index (χ3v) is 6.22. The van der Waals surface area contributed by atoms with E-state index in [1.807, 2.05) is 26.0 Å². The molecule has 3 aromatic carbocycles. The van der Waals surface area contributed by atoms with Crippen molar-refractivity contribution >= 4 is 43.2 Å². The van der Waals surface area contributed by atoms with E-state index in [1.165, 1.54) is 36.4 Å². The van der Waals surface area contributed by atoms with Gasteiger partial charge in [-0.1, -0.05) is 15.9 Å². The van der Waals surface area contributed by atoms with Crippen LogP contribution in [0, 0.1) is 19.7 Å². The van der Waals surface area contributed by atoms with E-state index < -0.39 is 15.8 Å². The highest BCUT2D eigenvalue weighted by Crippen LogP contribution is 2.25. The first-order valence-corrected chi connectivity index (χ1v) is 11.5. The molecule has 1 amide bonds. The van der Waals surface area contributed by atoms with Crippen molar-refractivity contribution in [3.05, 3.63) is 82.1 Å². The fourth-order valence-corrected chi connectivity index (χ4v) is 4.62. The van der Waals surface area contributed by atoms with E-state index >= 15 is 0 Å². The molecule has 0 saturated heterocycles. The Hall–Kier alpha value is -2.91. The average Bonchev–Trinajstić information content (AvgIpc) is 2.71. The van der Waals surface area contributed by atoms with Crippen molar-refractivity contribution in [1.29, 1.82) is 0 Å². The van der Waals surface area contributed by atoms with Crippen molar-refractivity contribution in [2.75, 3.05) is 16.6 Å². The molecule has 0 bridgehead atoms. The lowest BCUT2D eigenvalue weighted by Gasteiger charge is -2.13. The molecule has 0 fully saturated rings. The number of carbonyl (C=O) groups excluding carboxylic acids is 1. The van der Waals surface area contributed by atoms with Crippen LogP contribution < -0.4 is 14.8 Å². The average molecular weight is 507 g/mol. The van der Waals surface area contributed by atoms with E-state index in [0.29, 0.717) is 5.75 Å². The molecule has 0 heterocycles. The summed E-state index contributed by atoms with van der Waals surface area (Å²) in [6.45, 7) is 3.57. The Balaban J connectivity index is 1.60. The van der Waals surface area contributed by atoms with Crippen molar-refractivity contribution in [1.82, 2.24) is 0 Å². The van der Waals surface area contributed by atoms with Gasteiger partial charge in [-0.25, -0.2) is 12.8 Å². The van der Waals surface area contributed by atoms with Crippen LogP contribution in [0.5, 0.6) is 5.75 Å². The molecule has 2 N–H and O–H groups in total. The Morgan fingerprint density at radius 1 is 1.00 bits per heavy atom. The second kappa shape index (κ2) is 9.49. The minimum atomic E-state index is -3.84. The van der Waals surface area contributed by atoms with Gasteiger partial charge in [-0.15, -0.1) is 0 Å². The lowest BCUT2D eigenvalue weighted by Crippen LogP contribution is -2.21. The van der Waals surface area contributed by atoms with E-state index in [4.69, 9.17) is 4.74 Å². The predicted octanol–water partition coefficient (Wildman–Crippen LogP) is 5.02. The van der Waals surface area contributed by atoms with E-state index in [-0.39, 0.29) is 23.1 Å². The lowest BCUT2D eigenvalue weighted by atomic mass is 10.1. The number of aryl methyl sites for hydroxylation is 2. The molecule has 0 aliphatic heterocycles. The first kappa shape index (κ1) is 22.8. The van der Waals surface area contributed by atoms with Crippen LogP contribution in [-0.4, -0.2) is 20.9 Å². The Morgan fingerprint density at radius 2 is 1.58 bits per heavy atom. The van der Waals surface area contributed by atoms with Crippen LogP contribution in [0.4, 0.5) is 15.8 Å². The maximum atomic E-state index is 13.0. The molecule has 9 heteroatoms. The minimum Gasteiger partial charge on any atom is -0.484 e. The van der Waals surface area contributed by atoms with Crippen molar-refractivity contribution in [3.63, 3.8) is 0 Å². The standard InChI is InChI=1S/C22H20BrFN2O4S/c1-14-11-16(23)12-15(2)22(14)25-21(27)13-30-19-7-9-20(10-8-19)31(28,29)26-18-5-3-17(24)4-6-18/h3-12,26H,13H2,1-2H3,(H,25,27). The van der Waals surface area contributed by atoms with Gasteiger partial charge in [0.05, 0.1) is 4.90 Å².